The summed E-state index contributed by atoms with van der Waals surface area (Å²) in [6, 6.07) is 11.8. The van der Waals surface area contributed by atoms with Crippen molar-refractivity contribution < 1.29 is 8.78 Å². The maximum Gasteiger partial charge on any atom is 0.226 e. The number of nitrogens with one attached hydrogen (secondary N) is 1. The molecule has 2 aromatic carbocycles. The van der Waals surface area contributed by atoms with Gasteiger partial charge in [-0.2, -0.15) is 0 Å². The minimum absolute atomic E-state index is 0.155. The van der Waals surface area contributed by atoms with Crippen molar-refractivity contribution in [3.63, 3.8) is 0 Å². The number of rotatable bonds is 2. The number of benzene rings is 2. The minimum Gasteiger partial charge on any atom is -0.336 e. The lowest BCUT2D eigenvalue weighted by atomic mass is 10.1. The first-order valence-electron chi connectivity index (χ1n) is 8.33. The normalized spacial score (nSPS) is 17.9. The molecule has 0 aliphatic carbocycles. The van der Waals surface area contributed by atoms with Gasteiger partial charge in [0.2, 0.25) is 5.95 Å². The average molecular weight is 340 g/mol. The highest BCUT2D eigenvalue weighted by Gasteiger charge is 2.23. The van der Waals surface area contributed by atoms with Crippen LogP contribution in [0.25, 0.3) is 22.2 Å². The van der Waals surface area contributed by atoms with E-state index in [-0.39, 0.29) is 11.6 Å². The zero-order valence-corrected chi connectivity index (χ0v) is 13.8. The van der Waals surface area contributed by atoms with Crippen molar-refractivity contribution in [3.8, 4) is 11.3 Å². The molecule has 6 heteroatoms. The fraction of sp³-hybridized carbons (Fsp3) is 0.263. The molecule has 3 aromatic rings. The van der Waals surface area contributed by atoms with Crippen molar-refractivity contribution in [3.05, 3.63) is 54.1 Å². The van der Waals surface area contributed by atoms with Crippen LogP contribution < -0.4 is 10.2 Å². The summed E-state index contributed by atoms with van der Waals surface area (Å²) in [7, 11) is 0. The van der Waals surface area contributed by atoms with Gasteiger partial charge >= 0.3 is 0 Å². The number of hydrogen-bond donors (Lipinski definition) is 1. The van der Waals surface area contributed by atoms with E-state index in [1.54, 1.807) is 6.07 Å². The fourth-order valence-electron chi connectivity index (χ4n) is 3.22. The molecule has 0 spiro atoms. The molecule has 1 aliphatic rings. The van der Waals surface area contributed by atoms with Gasteiger partial charge in [-0.3, -0.25) is 0 Å². The van der Waals surface area contributed by atoms with E-state index in [1.807, 2.05) is 24.3 Å². The van der Waals surface area contributed by atoms with Crippen LogP contribution in [0, 0.1) is 11.6 Å². The Balaban J connectivity index is 1.94. The molecule has 1 aliphatic heterocycles. The van der Waals surface area contributed by atoms with Gasteiger partial charge in [0.25, 0.3) is 0 Å². The van der Waals surface area contributed by atoms with E-state index >= 15 is 0 Å². The molecule has 0 bridgehead atoms. The van der Waals surface area contributed by atoms with Gasteiger partial charge in [0.05, 0.1) is 11.2 Å². The Hall–Kier alpha value is -2.60. The zero-order valence-electron chi connectivity index (χ0n) is 13.8. The summed E-state index contributed by atoms with van der Waals surface area (Å²) in [5.41, 5.74) is 1.29. The Labute approximate surface area is 144 Å². The number of para-hydroxylation sites is 1. The molecule has 4 rings (SSSR count). The van der Waals surface area contributed by atoms with Gasteiger partial charge in [0.1, 0.15) is 0 Å². The molecule has 0 saturated carbocycles. The van der Waals surface area contributed by atoms with Crippen LogP contribution in [0.15, 0.2) is 42.5 Å². The van der Waals surface area contributed by atoms with Crippen molar-refractivity contribution in [2.75, 3.05) is 24.5 Å². The first kappa shape index (κ1) is 15.9. The van der Waals surface area contributed by atoms with Crippen LogP contribution in [0.1, 0.15) is 6.92 Å². The van der Waals surface area contributed by atoms with Crippen LogP contribution in [0.5, 0.6) is 0 Å². The first-order valence-corrected chi connectivity index (χ1v) is 8.33. The number of anilines is 1. The Kier molecular flexibility index (Phi) is 4.05. The molecular weight excluding hydrogens is 322 g/mol. The maximum atomic E-state index is 14.4. The SMILES string of the molecule is CC1CNCCN1c1nc(-c2cccc(F)c2F)c2ccccc2n1. The summed E-state index contributed by atoms with van der Waals surface area (Å²) in [6.45, 7) is 4.53. The van der Waals surface area contributed by atoms with Crippen LogP contribution in [0.3, 0.4) is 0 Å². The lowest BCUT2D eigenvalue weighted by molar-refractivity contribution is 0.493. The summed E-state index contributed by atoms with van der Waals surface area (Å²) in [6.07, 6.45) is 0. The van der Waals surface area contributed by atoms with E-state index in [0.717, 1.165) is 31.2 Å². The Morgan fingerprint density at radius 2 is 1.92 bits per heavy atom. The molecule has 1 N–H and O–H groups in total. The Morgan fingerprint density at radius 3 is 2.76 bits per heavy atom. The maximum absolute atomic E-state index is 14.4. The largest absolute Gasteiger partial charge is 0.336 e. The van der Waals surface area contributed by atoms with Crippen molar-refractivity contribution in [2.45, 2.75) is 13.0 Å². The van der Waals surface area contributed by atoms with Crippen LogP contribution in [0.4, 0.5) is 14.7 Å². The molecule has 4 nitrogen and oxygen atoms in total. The van der Waals surface area contributed by atoms with Gasteiger partial charge in [0.15, 0.2) is 11.6 Å². The van der Waals surface area contributed by atoms with Crippen LogP contribution >= 0.6 is 0 Å². The fourth-order valence-corrected chi connectivity index (χ4v) is 3.22. The van der Waals surface area contributed by atoms with Crippen molar-refractivity contribution in [1.29, 1.82) is 0 Å². The standard InChI is InChI=1S/C19H18F2N4/c1-12-11-22-9-10-25(12)19-23-16-8-3-2-5-13(16)18(24-19)14-6-4-7-15(20)17(14)21/h2-8,12,22H,9-11H2,1H3. The van der Waals surface area contributed by atoms with Crippen LogP contribution in [0.2, 0.25) is 0 Å². The van der Waals surface area contributed by atoms with E-state index in [9.17, 15) is 8.78 Å². The van der Waals surface area contributed by atoms with Gasteiger partial charge in [-0.1, -0.05) is 24.3 Å². The molecule has 1 fully saturated rings. The summed E-state index contributed by atoms with van der Waals surface area (Å²) in [4.78, 5) is 11.4. The Bertz CT molecular complexity index is 928. The highest BCUT2D eigenvalue weighted by molar-refractivity contribution is 5.93. The average Bonchev–Trinajstić information content (AvgIpc) is 2.63. The topological polar surface area (TPSA) is 41.0 Å². The van der Waals surface area contributed by atoms with Crippen LogP contribution in [-0.2, 0) is 0 Å². The highest BCUT2D eigenvalue weighted by atomic mass is 19.2. The predicted molar refractivity (Wildman–Crippen MR) is 94.6 cm³/mol. The Morgan fingerprint density at radius 1 is 1.08 bits per heavy atom. The molecular formula is C19H18F2N4. The lowest BCUT2D eigenvalue weighted by Crippen LogP contribution is -2.50. The molecule has 1 unspecified atom stereocenters. The van der Waals surface area contributed by atoms with E-state index in [2.05, 4.69) is 27.1 Å². The third kappa shape index (κ3) is 2.82. The second kappa shape index (κ2) is 6.37. The molecule has 0 amide bonds. The second-order valence-corrected chi connectivity index (χ2v) is 6.24. The molecule has 2 heterocycles. The van der Waals surface area contributed by atoms with E-state index in [0.29, 0.717) is 17.0 Å². The van der Waals surface area contributed by atoms with E-state index in [4.69, 9.17) is 0 Å². The number of hydrogen-bond acceptors (Lipinski definition) is 4. The molecule has 1 aromatic heterocycles. The quantitative estimate of drug-likeness (QED) is 0.777. The van der Waals surface area contributed by atoms with E-state index in [1.165, 1.54) is 6.07 Å². The first-order chi connectivity index (χ1) is 12.1. The lowest BCUT2D eigenvalue weighted by Gasteiger charge is -2.34. The van der Waals surface area contributed by atoms with Crippen LogP contribution in [-0.4, -0.2) is 35.6 Å². The van der Waals surface area contributed by atoms with Crippen molar-refractivity contribution in [1.82, 2.24) is 15.3 Å². The highest BCUT2D eigenvalue weighted by Crippen LogP contribution is 2.31. The minimum atomic E-state index is -0.884. The number of nitrogens with zero attached hydrogens (tertiary/aromatic N) is 3. The van der Waals surface area contributed by atoms with E-state index < -0.39 is 11.6 Å². The molecule has 128 valence electrons. The number of piperazine rings is 1. The summed E-state index contributed by atoms with van der Waals surface area (Å²) in [5, 5.41) is 4.03. The number of halogens is 2. The third-order valence-electron chi connectivity index (χ3n) is 4.56. The molecule has 0 radical (unpaired) electrons. The molecule has 25 heavy (non-hydrogen) atoms. The molecule has 1 atom stereocenters. The number of aromatic nitrogens is 2. The van der Waals surface area contributed by atoms with Gasteiger partial charge in [-0.25, -0.2) is 18.7 Å². The third-order valence-corrected chi connectivity index (χ3v) is 4.56. The van der Waals surface area contributed by atoms with Gasteiger partial charge in [0, 0.05) is 36.6 Å². The monoisotopic (exact) mass is 340 g/mol. The zero-order chi connectivity index (χ0) is 17.4. The molecule has 1 saturated heterocycles. The van der Waals surface area contributed by atoms with Gasteiger partial charge in [-0.15, -0.1) is 0 Å². The summed E-state index contributed by atoms with van der Waals surface area (Å²) >= 11 is 0. The van der Waals surface area contributed by atoms with Gasteiger partial charge in [-0.05, 0) is 25.1 Å². The summed E-state index contributed by atoms with van der Waals surface area (Å²) in [5.74, 6) is -1.21. The van der Waals surface area contributed by atoms with Crippen molar-refractivity contribution >= 4 is 16.9 Å². The second-order valence-electron chi connectivity index (χ2n) is 6.24. The van der Waals surface area contributed by atoms with Crippen molar-refractivity contribution in [2.24, 2.45) is 0 Å². The number of fused-ring (bicyclic) bond motifs is 1. The summed E-state index contributed by atoms with van der Waals surface area (Å²) < 4.78 is 28.2. The predicted octanol–water partition coefficient (Wildman–Crippen LogP) is 3.37. The smallest absolute Gasteiger partial charge is 0.226 e. The van der Waals surface area contributed by atoms with Gasteiger partial charge < -0.3 is 10.2 Å².